The number of rotatable bonds is 0. The van der Waals surface area contributed by atoms with Crippen molar-refractivity contribution in [1.29, 1.82) is 0 Å². The van der Waals surface area contributed by atoms with Crippen molar-refractivity contribution in [3.05, 3.63) is 41.5 Å². The fourth-order valence-corrected chi connectivity index (χ4v) is 2.03. The molecule has 0 atom stereocenters. The Morgan fingerprint density at radius 1 is 0.812 bits per heavy atom. The van der Waals surface area contributed by atoms with E-state index in [9.17, 15) is 0 Å². The molecule has 16 heavy (non-hydrogen) atoms. The molecular formula is C15H20O. The van der Waals surface area contributed by atoms with Gasteiger partial charge in [0.2, 0.25) is 0 Å². The van der Waals surface area contributed by atoms with Gasteiger partial charge in [-0.15, -0.1) is 5.73 Å². The third-order valence-electron chi connectivity index (χ3n) is 3.00. The van der Waals surface area contributed by atoms with Crippen molar-refractivity contribution < 1.29 is 4.42 Å². The van der Waals surface area contributed by atoms with Crippen molar-refractivity contribution in [2.75, 3.05) is 0 Å². The normalized spacial score (nSPS) is 18.2. The van der Waals surface area contributed by atoms with Crippen LogP contribution in [0.3, 0.4) is 0 Å². The summed E-state index contributed by atoms with van der Waals surface area (Å²) in [5.41, 5.74) is 3.27. The maximum atomic E-state index is 5.79. The summed E-state index contributed by atoms with van der Waals surface area (Å²) in [6, 6.07) is 4.28. The highest BCUT2D eigenvalue weighted by atomic mass is 16.3. The van der Waals surface area contributed by atoms with Crippen molar-refractivity contribution >= 4 is 0 Å². The Bertz CT molecular complexity index is 336. The lowest BCUT2D eigenvalue weighted by Gasteiger charge is -1.98. The van der Waals surface area contributed by atoms with E-state index in [-0.39, 0.29) is 0 Å². The molecule has 1 aliphatic rings. The predicted molar refractivity (Wildman–Crippen MR) is 66.5 cm³/mol. The standard InChI is InChI=1S/C15H20O/c1-2-4-6-8-10-14-12-13-15(16-14)11-9-7-5-3-1/h2-3,12-13H,4-11H2. The molecule has 2 bridgehead atoms. The molecule has 0 radical (unpaired) electrons. The third kappa shape index (κ3) is 3.75. The number of hydrogen-bond acceptors (Lipinski definition) is 1. The van der Waals surface area contributed by atoms with Gasteiger partial charge < -0.3 is 4.42 Å². The zero-order valence-corrected chi connectivity index (χ0v) is 9.87. The highest BCUT2D eigenvalue weighted by molar-refractivity contribution is 5.07. The summed E-state index contributed by atoms with van der Waals surface area (Å²) in [4.78, 5) is 0. The molecule has 2 heterocycles. The van der Waals surface area contributed by atoms with Gasteiger partial charge in [-0.1, -0.05) is 0 Å². The van der Waals surface area contributed by atoms with Crippen molar-refractivity contribution in [2.24, 2.45) is 0 Å². The molecule has 0 aromatic carbocycles. The number of allylic oxidation sites excluding steroid dienone is 1. The largest absolute Gasteiger partial charge is 0.466 e. The maximum Gasteiger partial charge on any atom is 0.104 e. The molecule has 0 aliphatic carbocycles. The van der Waals surface area contributed by atoms with Gasteiger partial charge in [-0.3, -0.25) is 0 Å². The first-order chi connectivity index (χ1) is 7.95. The van der Waals surface area contributed by atoms with E-state index in [0.717, 1.165) is 37.2 Å². The van der Waals surface area contributed by atoms with Gasteiger partial charge in [-0.25, -0.2) is 0 Å². The van der Waals surface area contributed by atoms with Crippen LogP contribution in [0.1, 0.15) is 50.0 Å². The molecule has 1 aliphatic heterocycles. The topological polar surface area (TPSA) is 13.1 Å². The van der Waals surface area contributed by atoms with Gasteiger partial charge in [0.1, 0.15) is 11.5 Å². The van der Waals surface area contributed by atoms with Crippen LogP contribution in [-0.2, 0) is 12.8 Å². The average Bonchev–Trinajstić information content (AvgIpc) is 2.73. The van der Waals surface area contributed by atoms with Crippen LogP contribution in [0.4, 0.5) is 0 Å². The van der Waals surface area contributed by atoms with E-state index in [2.05, 4.69) is 30.0 Å². The molecule has 0 N–H and O–H groups in total. The fourth-order valence-electron chi connectivity index (χ4n) is 2.03. The molecule has 0 unspecified atom stereocenters. The quantitative estimate of drug-likeness (QED) is 0.585. The van der Waals surface area contributed by atoms with Gasteiger partial charge in [0.25, 0.3) is 0 Å². The van der Waals surface area contributed by atoms with E-state index in [0.29, 0.717) is 0 Å². The number of furan rings is 1. The van der Waals surface area contributed by atoms with Crippen LogP contribution in [0.2, 0.25) is 0 Å². The van der Waals surface area contributed by atoms with Crippen LogP contribution in [0.15, 0.2) is 34.4 Å². The monoisotopic (exact) mass is 216 g/mol. The number of hydrogen-bond donors (Lipinski definition) is 0. The Kier molecular flexibility index (Phi) is 4.51. The minimum absolute atomic E-state index is 1.08. The van der Waals surface area contributed by atoms with Gasteiger partial charge in [0.05, 0.1) is 0 Å². The van der Waals surface area contributed by atoms with Crippen LogP contribution in [0.25, 0.3) is 0 Å². The number of fused-ring (bicyclic) bond motifs is 2. The highest BCUT2D eigenvalue weighted by Crippen LogP contribution is 2.14. The molecule has 2 rings (SSSR count). The van der Waals surface area contributed by atoms with E-state index in [4.69, 9.17) is 4.42 Å². The second-order valence-corrected chi connectivity index (χ2v) is 4.43. The van der Waals surface area contributed by atoms with Crippen LogP contribution in [0.5, 0.6) is 0 Å². The minimum atomic E-state index is 1.08. The third-order valence-corrected chi connectivity index (χ3v) is 3.00. The Morgan fingerprint density at radius 2 is 1.38 bits per heavy atom. The molecule has 1 heteroatoms. The predicted octanol–water partition coefficient (Wildman–Crippen LogP) is 4.43. The molecule has 86 valence electrons. The first-order valence-electron chi connectivity index (χ1n) is 6.42. The molecular weight excluding hydrogens is 196 g/mol. The summed E-state index contributed by atoms with van der Waals surface area (Å²) in [5.74, 6) is 2.32. The SMILES string of the molecule is C1=CCCCCc2ccc(o2)CCCCC=1. The summed E-state index contributed by atoms with van der Waals surface area (Å²) in [5, 5.41) is 0. The summed E-state index contributed by atoms with van der Waals surface area (Å²) >= 11 is 0. The Morgan fingerprint density at radius 3 is 1.94 bits per heavy atom. The van der Waals surface area contributed by atoms with Gasteiger partial charge in [0, 0.05) is 12.8 Å². The van der Waals surface area contributed by atoms with Crippen molar-refractivity contribution in [3.8, 4) is 0 Å². The van der Waals surface area contributed by atoms with Crippen LogP contribution < -0.4 is 0 Å². The molecule has 1 nitrogen and oxygen atoms in total. The summed E-state index contributed by atoms with van der Waals surface area (Å²) in [6.07, 6.45) is 13.7. The van der Waals surface area contributed by atoms with E-state index in [1.165, 1.54) is 25.7 Å². The first kappa shape index (κ1) is 11.3. The van der Waals surface area contributed by atoms with E-state index in [1.807, 2.05) is 0 Å². The van der Waals surface area contributed by atoms with Crippen LogP contribution in [-0.4, -0.2) is 0 Å². The zero-order valence-electron chi connectivity index (χ0n) is 9.87. The van der Waals surface area contributed by atoms with E-state index < -0.39 is 0 Å². The Labute approximate surface area is 97.9 Å². The van der Waals surface area contributed by atoms with Gasteiger partial charge >= 0.3 is 0 Å². The van der Waals surface area contributed by atoms with E-state index >= 15 is 0 Å². The Hall–Kier alpha value is -1.20. The highest BCUT2D eigenvalue weighted by Gasteiger charge is 2.02. The second kappa shape index (κ2) is 6.40. The van der Waals surface area contributed by atoms with Gasteiger partial charge in [-0.2, -0.15) is 0 Å². The summed E-state index contributed by atoms with van der Waals surface area (Å²) in [7, 11) is 0. The molecule has 0 amide bonds. The maximum absolute atomic E-state index is 5.79. The van der Waals surface area contributed by atoms with Crippen LogP contribution >= 0.6 is 0 Å². The molecule has 1 aromatic rings. The lowest BCUT2D eigenvalue weighted by atomic mass is 10.1. The van der Waals surface area contributed by atoms with E-state index in [1.54, 1.807) is 0 Å². The molecule has 0 saturated heterocycles. The minimum Gasteiger partial charge on any atom is -0.466 e. The van der Waals surface area contributed by atoms with Gasteiger partial charge in [0.15, 0.2) is 0 Å². The van der Waals surface area contributed by atoms with Gasteiger partial charge in [-0.05, 0) is 62.8 Å². The lowest BCUT2D eigenvalue weighted by molar-refractivity contribution is 0.451. The molecule has 1 aromatic heterocycles. The lowest BCUT2D eigenvalue weighted by Crippen LogP contribution is -1.84. The van der Waals surface area contributed by atoms with Crippen molar-refractivity contribution in [2.45, 2.75) is 51.4 Å². The van der Waals surface area contributed by atoms with Crippen molar-refractivity contribution in [3.63, 3.8) is 0 Å². The number of aryl methyl sites for hydroxylation is 2. The summed E-state index contributed by atoms with van der Waals surface area (Å²) < 4.78 is 5.79. The second-order valence-electron chi connectivity index (χ2n) is 4.43. The smallest absolute Gasteiger partial charge is 0.104 e. The zero-order chi connectivity index (χ0) is 11.1. The molecule has 0 saturated carbocycles. The first-order valence-corrected chi connectivity index (χ1v) is 6.42. The average molecular weight is 216 g/mol. The fraction of sp³-hybridized carbons (Fsp3) is 0.533. The van der Waals surface area contributed by atoms with Crippen molar-refractivity contribution in [1.82, 2.24) is 0 Å². The Balaban J connectivity index is 1.94. The summed E-state index contributed by atoms with van der Waals surface area (Å²) in [6.45, 7) is 0. The molecule has 0 spiro atoms. The van der Waals surface area contributed by atoms with Crippen LogP contribution in [0, 0.1) is 0 Å². The molecule has 0 fully saturated rings.